The van der Waals surface area contributed by atoms with Crippen molar-refractivity contribution in [2.75, 3.05) is 12.4 Å². The van der Waals surface area contributed by atoms with Crippen molar-refractivity contribution in [1.82, 2.24) is 14.8 Å². The lowest BCUT2D eigenvalue weighted by molar-refractivity contribution is 0.101. The van der Waals surface area contributed by atoms with Crippen molar-refractivity contribution in [2.24, 2.45) is 0 Å². The molecule has 0 aliphatic rings. The molecule has 1 amide bonds. The number of hydrogen-bond acceptors (Lipinski definition) is 5. The van der Waals surface area contributed by atoms with Crippen LogP contribution in [0.3, 0.4) is 0 Å². The first-order chi connectivity index (χ1) is 12.5. The number of anilines is 1. The summed E-state index contributed by atoms with van der Waals surface area (Å²) in [6.45, 7) is 0.185. The summed E-state index contributed by atoms with van der Waals surface area (Å²) in [5.74, 6) is 0.341. The second-order valence-corrected chi connectivity index (χ2v) is 6.46. The zero-order valence-electron chi connectivity index (χ0n) is 14.0. The van der Waals surface area contributed by atoms with Crippen molar-refractivity contribution >= 4 is 27.5 Å². The third-order valence-corrected chi connectivity index (χ3v) is 4.23. The molecule has 26 heavy (non-hydrogen) atoms. The molecule has 0 fully saturated rings. The highest BCUT2D eigenvalue weighted by Gasteiger charge is 2.14. The smallest absolute Gasteiger partial charge is 0.295 e. The van der Waals surface area contributed by atoms with Gasteiger partial charge in [0.15, 0.2) is 0 Å². The highest BCUT2D eigenvalue weighted by molar-refractivity contribution is 9.10. The number of aliphatic hydroxyl groups is 1. The number of carbonyl (C=O) groups is 1. The Morgan fingerprint density at radius 3 is 2.58 bits per heavy atom. The van der Waals surface area contributed by atoms with Gasteiger partial charge in [0.05, 0.1) is 19.8 Å². The van der Waals surface area contributed by atoms with Crippen LogP contribution in [-0.2, 0) is 6.54 Å². The van der Waals surface area contributed by atoms with Gasteiger partial charge in [-0.2, -0.15) is 0 Å². The quantitative estimate of drug-likeness (QED) is 0.644. The minimum atomic E-state index is -0.773. The van der Waals surface area contributed by atoms with Crippen LogP contribution >= 0.6 is 15.9 Å². The Kier molecular flexibility index (Phi) is 5.65. The van der Waals surface area contributed by atoms with Crippen molar-refractivity contribution in [1.29, 1.82) is 0 Å². The van der Waals surface area contributed by atoms with E-state index in [2.05, 4.69) is 31.3 Å². The van der Waals surface area contributed by atoms with Crippen LogP contribution in [0.4, 0.5) is 5.69 Å². The number of rotatable bonds is 6. The maximum atomic E-state index is 12.2. The molecule has 1 heterocycles. The van der Waals surface area contributed by atoms with E-state index in [-0.39, 0.29) is 12.4 Å². The van der Waals surface area contributed by atoms with E-state index in [9.17, 15) is 9.90 Å². The number of aliphatic hydroxyl groups excluding tert-OH is 1. The highest BCUT2D eigenvalue weighted by Crippen LogP contribution is 2.19. The lowest BCUT2D eigenvalue weighted by atomic mass is 10.1. The predicted molar refractivity (Wildman–Crippen MR) is 100 cm³/mol. The van der Waals surface area contributed by atoms with Gasteiger partial charge in [-0.15, -0.1) is 5.10 Å². The Hall–Kier alpha value is -2.71. The summed E-state index contributed by atoms with van der Waals surface area (Å²) in [6, 6.07) is 14.3. The average Bonchev–Trinajstić information content (AvgIpc) is 3.12. The van der Waals surface area contributed by atoms with Crippen molar-refractivity contribution in [3.63, 3.8) is 0 Å². The van der Waals surface area contributed by atoms with Gasteiger partial charge in [-0.1, -0.05) is 28.1 Å². The number of carbonyl (C=O) groups excluding carboxylic acids is 1. The molecule has 3 rings (SSSR count). The van der Waals surface area contributed by atoms with E-state index in [0.717, 1.165) is 10.0 Å². The molecule has 1 atom stereocenters. The second kappa shape index (κ2) is 8.11. The standard InChI is InChI=1S/C18H17BrN4O3/c1-26-15-8-2-12(3-9-15)16(24)10-23-11-20-17(22-23)18(25)21-14-6-4-13(19)5-7-14/h2-9,11,16,24H,10H2,1H3,(H,21,25)/t16-/m1/s1. The molecule has 0 spiro atoms. The predicted octanol–water partition coefficient (Wildman–Crippen LogP) is 3.04. The van der Waals surface area contributed by atoms with E-state index < -0.39 is 12.0 Å². The van der Waals surface area contributed by atoms with Crippen LogP contribution in [0.15, 0.2) is 59.3 Å². The summed E-state index contributed by atoms with van der Waals surface area (Å²) in [5.41, 5.74) is 1.37. The maximum absolute atomic E-state index is 12.2. The molecule has 134 valence electrons. The van der Waals surface area contributed by atoms with Gasteiger partial charge >= 0.3 is 0 Å². The SMILES string of the molecule is COc1ccc([C@H](O)Cn2cnc(C(=O)Nc3ccc(Br)cc3)n2)cc1. The Labute approximate surface area is 158 Å². The Balaban J connectivity index is 1.63. The molecule has 3 aromatic rings. The molecule has 2 aromatic carbocycles. The first-order valence-electron chi connectivity index (χ1n) is 7.83. The molecule has 0 aliphatic heterocycles. The second-order valence-electron chi connectivity index (χ2n) is 5.54. The molecule has 0 saturated heterocycles. The maximum Gasteiger partial charge on any atom is 0.295 e. The molecule has 8 heteroatoms. The lowest BCUT2D eigenvalue weighted by Gasteiger charge is -2.11. The van der Waals surface area contributed by atoms with Crippen molar-refractivity contribution in [3.05, 3.63) is 70.7 Å². The fourth-order valence-corrected chi connectivity index (χ4v) is 2.58. The van der Waals surface area contributed by atoms with Gasteiger partial charge in [0, 0.05) is 10.2 Å². The third-order valence-electron chi connectivity index (χ3n) is 3.70. The zero-order chi connectivity index (χ0) is 18.5. The summed E-state index contributed by atoms with van der Waals surface area (Å²) in [4.78, 5) is 16.2. The molecular formula is C18H17BrN4O3. The summed E-state index contributed by atoms with van der Waals surface area (Å²) in [6.07, 6.45) is 0.647. The fraction of sp³-hybridized carbons (Fsp3) is 0.167. The number of amides is 1. The Morgan fingerprint density at radius 2 is 1.92 bits per heavy atom. The summed E-state index contributed by atoms with van der Waals surface area (Å²) in [7, 11) is 1.59. The third kappa shape index (κ3) is 4.47. The number of halogens is 1. The minimum absolute atomic E-state index is 0.0369. The molecule has 7 nitrogen and oxygen atoms in total. The topological polar surface area (TPSA) is 89.3 Å². The monoisotopic (exact) mass is 416 g/mol. The molecule has 0 saturated carbocycles. The highest BCUT2D eigenvalue weighted by atomic mass is 79.9. The van der Waals surface area contributed by atoms with Gasteiger partial charge in [-0.25, -0.2) is 9.67 Å². The van der Waals surface area contributed by atoms with Crippen molar-refractivity contribution in [3.8, 4) is 5.75 Å². The van der Waals surface area contributed by atoms with Gasteiger partial charge in [-0.05, 0) is 42.0 Å². The number of hydrogen-bond donors (Lipinski definition) is 2. The molecule has 1 aromatic heterocycles. The summed E-state index contributed by atoms with van der Waals surface area (Å²) in [5, 5.41) is 17.2. The van der Waals surface area contributed by atoms with Crippen molar-refractivity contribution in [2.45, 2.75) is 12.6 Å². The van der Waals surface area contributed by atoms with Crippen LogP contribution < -0.4 is 10.1 Å². The van der Waals surface area contributed by atoms with Gasteiger partial charge < -0.3 is 15.2 Å². The number of methoxy groups -OCH3 is 1. The number of ether oxygens (including phenoxy) is 1. The van der Waals surface area contributed by atoms with Crippen LogP contribution in [0.1, 0.15) is 22.3 Å². The van der Waals surface area contributed by atoms with Crippen LogP contribution in [0.2, 0.25) is 0 Å². The van der Waals surface area contributed by atoms with Crippen LogP contribution in [0.25, 0.3) is 0 Å². The Bertz CT molecular complexity index is 878. The zero-order valence-corrected chi connectivity index (χ0v) is 15.5. The van der Waals surface area contributed by atoms with E-state index in [1.165, 1.54) is 11.0 Å². The molecule has 0 bridgehead atoms. The van der Waals surface area contributed by atoms with Gasteiger partial charge in [0.2, 0.25) is 5.82 Å². The number of aromatic nitrogens is 3. The van der Waals surface area contributed by atoms with E-state index in [4.69, 9.17) is 4.74 Å². The average molecular weight is 417 g/mol. The molecule has 0 aliphatic carbocycles. The van der Waals surface area contributed by atoms with Crippen LogP contribution in [-0.4, -0.2) is 32.9 Å². The number of nitrogens with zero attached hydrogens (tertiary/aromatic N) is 3. The number of nitrogens with one attached hydrogen (secondary N) is 1. The first kappa shape index (κ1) is 18.1. The van der Waals surface area contributed by atoms with Gasteiger partial charge in [0.1, 0.15) is 12.1 Å². The van der Waals surface area contributed by atoms with Crippen LogP contribution in [0.5, 0.6) is 5.75 Å². The lowest BCUT2D eigenvalue weighted by Crippen LogP contribution is -2.15. The molecule has 2 N–H and O–H groups in total. The van der Waals surface area contributed by atoms with Crippen LogP contribution in [0, 0.1) is 0 Å². The van der Waals surface area contributed by atoms with E-state index in [1.807, 2.05) is 12.1 Å². The van der Waals surface area contributed by atoms with Gasteiger partial charge in [0.25, 0.3) is 5.91 Å². The van der Waals surface area contributed by atoms with E-state index in [1.54, 1.807) is 43.5 Å². The number of benzene rings is 2. The normalized spacial score (nSPS) is 11.8. The van der Waals surface area contributed by atoms with Gasteiger partial charge in [-0.3, -0.25) is 4.79 Å². The summed E-state index contributed by atoms with van der Waals surface area (Å²) >= 11 is 3.34. The Morgan fingerprint density at radius 1 is 1.23 bits per heavy atom. The molecular weight excluding hydrogens is 400 g/mol. The summed E-state index contributed by atoms with van der Waals surface area (Å²) < 4.78 is 7.45. The fourth-order valence-electron chi connectivity index (χ4n) is 2.32. The minimum Gasteiger partial charge on any atom is -0.497 e. The first-order valence-corrected chi connectivity index (χ1v) is 8.63. The van der Waals surface area contributed by atoms with Crippen molar-refractivity contribution < 1.29 is 14.6 Å². The van der Waals surface area contributed by atoms with E-state index in [0.29, 0.717) is 11.4 Å². The molecule has 0 radical (unpaired) electrons. The molecule has 0 unspecified atom stereocenters. The van der Waals surface area contributed by atoms with E-state index >= 15 is 0 Å². The largest absolute Gasteiger partial charge is 0.497 e.